The second-order valence-electron chi connectivity index (χ2n) is 1.73. The lowest BCUT2D eigenvalue weighted by Crippen LogP contribution is -2.02. The Hall–Kier alpha value is -0.0900. The molecule has 0 aromatic rings. The normalized spacial score (nSPS) is 11.8. The predicted octanol–water partition coefficient (Wildman–Crippen LogP) is 0.473. The summed E-state index contributed by atoms with van der Waals surface area (Å²) in [4.78, 5) is 0. The van der Waals surface area contributed by atoms with Crippen LogP contribution in [0.4, 0.5) is 0 Å². The van der Waals surface area contributed by atoms with Gasteiger partial charge in [-0.1, -0.05) is 6.42 Å². The molecule has 50 valence electrons. The van der Waals surface area contributed by atoms with Gasteiger partial charge in [-0.2, -0.15) is 6.54 Å². The van der Waals surface area contributed by atoms with Crippen LogP contribution in [0.3, 0.4) is 0 Å². The van der Waals surface area contributed by atoms with E-state index in [-0.39, 0.29) is 12.3 Å². The van der Waals surface area contributed by atoms with Crippen LogP contribution in [-0.2, 0) is 9.84 Å². The summed E-state index contributed by atoms with van der Waals surface area (Å²) in [5.41, 5.74) is 6.62. The highest BCUT2D eigenvalue weighted by Gasteiger charge is 1.96. The van der Waals surface area contributed by atoms with Crippen LogP contribution in [0.15, 0.2) is 0 Å². The standard InChI is InChI=1S/C4H10NO2S/c1-8(6,7)4-2-3-5/h5H,2-4H2,1H3/q-1. The molecule has 1 N–H and O–H groups in total. The van der Waals surface area contributed by atoms with Gasteiger partial charge in [-0.05, 0) is 0 Å². The van der Waals surface area contributed by atoms with Crippen molar-refractivity contribution in [1.29, 1.82) is 0 Å². The first-order valence-electron chi connectivity index (χ1n) is 2.38. The van der Waals surface area contributed by atoms with Crippen molar-refractivity contribution in [1.82, 2.24) is 0 Å². The minimum atomic E-state index is -2.81. The van der Waals surface area contributed by atoms with Gasteiger partial charge in [0.1, 0.15) is 9.84 Å². The Bertz CT molecular complexity index is 138. The van der Waals surface area contributed by atoms with Crippen LogP contribution in [0, 0.1) is 0 Å². The van der Waals surface area contributed by atoms with E-state index < -0.39 is 9.84 Å². The van der Waals surface area contributed by atoms with E-state index in [4.69, 9.17) is 5.73 Å². The van der Waals surface area contributed by atoms with Crippen molar-refractivity contribution >= 4 is 9.84 Å². The quantitative estimate of drug-likeness (QED) is 0.566. The second kappa shape index (κ2) is 3.04. The molecule has 8 heavy (non-hydrogen) atoms. The van der Waals surface area contributed by atoms with Crippen molar-refractivity contribution in [2.45, 2.75) is 6.42 Å². The van der Waals surface area contributed by atoms with Crippen molar-refractivity contribution < 1.29 is 8.42 Å². The number of nitrogens with one attached hydrogen (secondary N) is 1. The molecule has 0 bridgehead atoms. The molecule has 0 atom stereocenters. The summed E-state index contributed by atoms with van der Waals surface area (Å²) in [6.07, 6.45) is 1.64. The number of sulfone groups is 1. The first kappa shape index (κ1) is 7.91. The Labute approximate surface area is 49.8 Å². The van der Waals surface area contributed by atoms with Crippen molar-refractivity contribution in [3.8, 4) is 0 Å². The molecular weight excluding hydrogens is 126 g/mol. The minimum Gasteiger partial charge on any atom is -0.677 e. The summed E-state index contributed by atoms with van der Waals surface area (Å²) >= 11 is 0. The molecule has 0 saturated carbocycles. The van der Waals surface area contributed by atoms with Crippen LogP contribution in [0.1, 0.15) is 6.42 Å². The number of rotatable bonds is 3. The Kier molecular flexibility index (Phi) is 3.01. The maximum absolute atomic E-state index is 10.3. The van der Waals surface area contributed by atoms with Crippen LogP contribution in [0.25, 0.3) is 5.73 Å². The average Bonchev–Trinajstić information content (AvgIpc) is 1.59. The molecule has 0 amide bonds. The summed E-state index contributed by atoms with van der Waals surface area (Å²) in [6, 6.07) is 0. The maximum atomic E-state index is 10.3. The Balaban J connectivity index is 3.42. The lowest BCUT2D eigenvalue weighted by Gasteiger charge is -1.97. The summed E-state index contributed by atoms with van der Waals surface area (Å²) < 4.78 is 20.6. The summed E-state index contributed by atoms with van der Waals surface area (Å²) in [6.45, 7) is 0.201. The molecule has 0 unspecified atom stereocenters. The van der Waals surface area contributed by atoms with E-state index in [1.807, 2.05) is 0 Å². The van der Waals surface area contributed by atoms with E-state index in [0.717, 1.165) is 0 Å². The van der Waals surface area contributed by atoms with Crippen molar-refractivity contribution in [2.24, 2.45) is 0 Å². The third-order valence-electron chi connectivity index (χ3n) is 0.692. The number of hydrogen-bond acceptors (Lipinski definition) is 2. The fourth-order valence-corrected chi connectivity index (χ4v) is 1.00. The molecule has 0 spiro atoms. The first-order chi connectivity index (χ1) is 3.56. The average molecular weight is 136 g/mol. The van der Waals surface area contributed by atoms with Crippen LogP contribution in [-0.4, -0.2) is 27.0 Å². The minimum absolute atomic E-state index is 0.149. The molecule has 0 aliphatic rings. The van der Waals surface area contributed by atoms with Crippen LogP contribution < -0.4 is 0 Å². The molecule has 0 rings (SSSR count). The van der Waals surface area contributed by atoms with Crippen LogP contribution in [0.5, 0.6) is 0 Å². The molecule has 0 heterocycles. The first-order valence-corrected chi connectivity index (χ1v) is 4.44. The monoisotopic (exact) mass is 136 g/mol. The SMILES string of the molecule is CS(=O)(=O)CCC[NH-]. The van der Waals surface area contributed by atoms with Crippen LogP contribution in [0.2, 0.25) is 0 Å². The predicted molar refractivity (Wildman–Crippen MR) is 33.5 cm³/mol. The lowest BCUT2D eigenvalue weighted by atomic mass is 10.5. The van der Waals surface area contributed by atoms with Gasteiger partial charge in [0.25, 0.3) is 0 Å². The summed E-state index contributed by atoms with van der Waals surface area (Å²) in [5.74, 6) is 0.149. The Morgan fingerprint density at radius 2 is 2.00 bits per heavy atom. The molecule has 4 heteroatoms. The zero-order valence-electron chi connectivity index (χ0n) is 4.85. The largest absolute Gasteiger partial charge is 0.677 e. The van der Waals surface area contributed by atoms with Gasteiger partial charge in [0.05, 0.1) is 0 Å². The molecule has 0 aliphatic heterocycles. The highest BCUT2D eigenvalue weighted by atomic mass is 32.2. The van der Waals surface area contributed by atoms with Crippen molar-refractivity contribution in [2.75, 3.05) is 18.6 Å². The van der Waals surface area contributed by atoms with E-state index in [1.54, 1.807) is 0 Å². The fourth-order valence-electron chi connectivity index (χ4n) is 0.334. The second-order valence-corrected chi connectivity index (χ2v) is 3.99. The zero-order chi connectivity index (χ0) is 6.62. The highest BCUT2D eigenvalue weighted by molar-refractivity contribution is 7.90. The number of hydrogen-bond donors (Lipinski definition) is 0. The summed E-state index contributed by atoms with van der Waals surface area (Å²) in [5, 5.41) is 0. The van der Waals surface area contributed by atoms with E-state index in [2.05, 4.69) is 0 Å². The van der Waals surface area contributed by atoms with E-state index in [0.29, 0.717) is 6.42 Å². The molecule has 0 aliphatic carbocycles. The topological polar surface area (TPSA) is 57.9 Å². The lowest BCUT2D eigenvalue weighted by molar-refractivity contribution is 0.600. The van der Waals surface area contributed by atoms with Gasteiger partial charge in [0, 0.05) is 12.0 Å². The molecule has 0 aromatic heterocycles. The zero-order valence-corrected chi connectivity index (χ0v) is 5.66. The van der Waals surface area contributed by atoms with E-state index in [1.165, 1.54) is 6.26 Å². The van der Waals surface area contributed by atoms with Crippen molar-refractivity contribution in [3.63, 3.8) is 0 Å². The van der Waals surface area contributed by atoms with Gasteiger partial charge in [0.15, 0.2) is 0 Å². The third kappa shape index (κ3) is 5.91. The fraction of sp³-hybridized carbons (Fsp3) is 1.00. The Morgan fingerprint density at radius 3 is 2.12 bits per heavy atom. The third-order valence-corrected chi connectivity index (χ3v) is 1.72. The van der Waals surface area contributed by atoms with E-state index >= 15 is 0 Å². The van der Waals surface area contributed by atoms with Gasteiger partial charge in [-0.15, -0.1) is 0 Å². The van der Waals surface area contributed by atoms with E-state index in [9.17, 15) is 8.42 Å². The summed E-state index contributed by atoms with van der Waals surface area (Å²) in [7, 11) is -2.81. The molecule has 0 aromatic carbocycles. The van der Waals surface area contributed by atoms with Gasteiger partial charge in [-0.25, -0.2) is 8.42 Å². The van der Waals surface area contributed by atoms with Gasteiger partial charge < -0.3 is 5.73 Å². The van der Waals surface area contributed by atoms with Gasteiger partial charge >= 0.3 is 0 Å². The van der Waals surface area contributed by atoms with Crippen molar-refractivity contribution in [3.05, 3.63) is 5.73 Å². The maximum Gasteiger partial charge on any atom is 0.147 e. The molecule has 0 radical (unpaired) electrons. The van der Waals surface area contributed by atoms with Crippen LogP contribution >= 0.6 is 0 Å². The smallest absolute Gasteiger partial charge is 0.147 e. The molecular formula is C4H10NO2S-. The molecule has 0 fully saturated rings. The molecule has 3 nitrogen and oxygen atoms in total. The Morgan fingerprint density at radius 1 is 1.50 bits per heavy atom. The highest BCUT2D eigenvalue weighted by Crippen LogP contribution is 1.87. The van der Waals surface area contributed by atoms with Gasteiger partial charge in [0.2, 0.25) is 0 Å². The molecule has 0 saturated heterocycles. The van der Waals surface area contributed by atoms with Gasteiger partial charge in [-0.3, -0.25) is 0 Å².